The standard InChI is InChI=1S/C11H15N2O/c1-11(2,3)8-10(14)13-9-6-4-5-7-12-9/h4-8H,1-3H3,(H,12,13,14). The highest BCUT2D eigenvalue weighted by atomic mass is 16.1. The van der Waals surface area contributed by atoms with Crippen LogP contribution in [0.4, 0.5) is 5.82 Å². The zero-order valence-corrected chi connectivity index (χ0v) is 8.74. The molecule has 3 heteroatoms. The van der Waals surface area contributed by atoms with Crippen LogP contribution in [0.25, 0.3) is 0 Å². The smallest absolute Gasteiger partial charge is 0.229 e. The van der Waals surface area contributed by atoms with E-state index in [1.165, 1.54) is 0 Å². The lowest BCUT2D eigenvalue weighted by molar-refractivity contribution is -0.114. The maximum Gasteiger partial charge on any atom is 0.229 e. The Hall–Kier alpha value is -1.38. The number of rotatable bonds is 2. The molecule has 0 aliphatic heterocycles. The van der Waals surface area contributed by atoms with Gasteiger partial charge in [0, 0.05) is 6.20 Å². The van der Waals surface area contributed by atoms with E-state index in [0.717, 1.165) is 0 Å². The summed E-state index contributed by atoms with van der Waals surface area (Å²) in [5, 5.41) is 2.69. The molecule has 0 saturated carbocycles. The number of hydrogen-bond acceptors (Lipinski definition) is 2. The van der Waals surface area contributed by atoms with Gasteiger partial charge < -0.3 is 5.32 Å². The van der Waals surface area contributed by atoms with Crippen LogP contribution in [0.1, 0.15) is 20.8 Å². The lowest BCUT2D eigenvalue weighted by Crippen LogP contribution is -2.21. The van der Waals surface area contributed by atoms with Gasteiger partial charge in [0.15, 0.2) is 0 Å². The first kappa shape index (κ1) is 10.7. The highest BCUT2D eigenvalue weighted by molar-refractivity contribution is 5.96. The number of amides is 1. The number of anilines is 1. The predicted molar refractivity (Wildman–Crippen MR) is 56.6 cm³/mol. The van der Waals surface area contributed by atoms with Crippen molar-refractivity contribution in [1.82, 2.24) is 4.98 Å². The number of carbonyl (C=O) groups is 1. The second-order valence-corrected chi connectivity index (χ2v) is 4.21. The Labute approximate surface area is 84.6 Å². The van der Waals surface area contributed by atoms with Gasteiger partial charge in [0.1, 0.15) is 5.82 Å². The SMILES string of the molecule is CC(C)(C)[CH]C(=O)Nc1ccccn1. The first-order valence-corrected chi connectivity index (χ1v) is 4.55. The lowest BCUT2D eigenvalue weighted by atomic mass is 9.92. The maximum atomic E-state index is 11.4. The minimum absolute atomic E-state index is 0.112. The quantitative estimate of drug-likeness (QED) is 0.779. The fourth-order valence-electron chi connectivity index (χ4n) is 0.992. The fraction of sp³-hybridized carbons (Fsp3) is 0.364. The zero-order chi connectivity index (χ0) is 10.6. The summed E-state index contributed by atoms with van der Waals surface area (Å²) in [6.45, 7) is 5.93. The van der Waals surface area contributed by atoms with Crippen molar-refractivity contribution < 1.29 is 4.79 Å². The Morgan fingerprint density at radius 2 is 2.14 bits per heavy atom. The molecule has 1 radical (unpaired) electrons. The molecule has 0 aliphatic rings. The van der Waals surface area contributed by atoms with Gasteiger partial charge >= 0.3 is 0 Å². The van der Waals surface area contributed by atoms with E-state index in [4.69, 9.17) is 0 Å². The van der Waals surface area contributed by atoms with Gasteiger partial charge in [-0.25, -0.2) is 4.98 Å². The van der Waals surface area contributed by atoms with Crippen molar-refractivity contribution >= 4 is 11.7 Å². The molecule has 3 nitrogen and oxygen atoms in total. The minimum atomic E-state index is -0.115. The van der Waals surface area contributed by atoms with Crippen LogP contribution in [0.3, 0.4) is 0 Å². The Morgan fingerprint density at radius 1 is 1.43 bits per heavy atom. The van der Waals surface area contributed by atoms with E-state index in [-0.39, 0.29) is 11.3 Å². The first-order valence-electron chi connectivity index (χ1n) is 4.55. The summed E-state index contributed by atoms with van der Waals surface area (Å²) in [5.41, 5.74) is -0.112. The third-order valence-corrected chi connectivity index (χ3v) is 1.48. The third-order valence-electron chi connectivity index (χ3n) is 1.48. The molecule has 0 fully saturated rings. The molecule has 1 rings (SSSR count). The van der Waals surface area contributed by atoms with Crippen molar-refractivity contribution in [1.29, 1.82) is 0 Å². The lowest BCUT2D eigenvalue weighted by Gasteiger charge is -2.16. The van der Waals surface area contributed by atoms with E-state index in [1.807, 2.05) is 32.9 Å². The molecular weight excluding hydrogens is 176 g/mol. The molecule has 14 heavy (non-hydrogen) atoms. The van der Waals surface area contributed by atoms with Gasteiger partial charge in [0.05, 0.1) is 6.42 Å². The van der Waals surface area contributed by atoms with E-state index in [1.54, 1.807) is 18.7 Å². The normalized spacial score (nSPS) is 11.1. The van der Waals surface area contributed by atoms with E-state index in [0.29, 0.717) is 5.82 Å². The van der Waals surface area contributed by atoms with Crippen LogP contribution in [-0.4, -0.2) is 10.9 Å². The molecule has 0 saturated heterocycles. The number of nitrogens with one attached hydrogen (secondary N) is 1. The van der Waals surface area contributed by atoms with Crippen LogP contribution >= 0.6 is 0 Å². The van der Waals surface area contributed by atoms with Crippen molar-refractivity contribution in [2.24, 2.45) is 5.41 Å². The number of nitrogens with zero attached hydrogens (tertiary/aromatic N) is 1. The molecule has 75 valence electrons. The molecule has 1 N–H and O–H groups in total. The minimum Gasteiger partial charge on any atom is -0.310 e. The molecule has 1 aromatic heterocycles. The summed E-state index contributed by atoms with van der Waals surface area (Å²) < 4.78 is 0. The summed E-state index contributed by atoms with van der Waals surface area (Å²) in [4.78, 5) is 15.4. The predicted octanol–water partition coefficient (Wildman–Crippen LogP) is 2.27. The Bertz CT molecular complexity index is 301. The summed E-state index contributed by atoms with van der Waals surface area (Å²) in [6, 6.07) is 5.40. The Morgan fingerprint density at radius 3 is 2.64 bits per heavy atom. The van der Waals surface area contributed by atoms with Crippen molar-refractivity contribution in [3.05, 3.63) is 30.8 Å². The number of hydrogen-bond donors (Lipinski definition) is 1. The highest BCUT2D eigenvalue weighted by Gasteiger charge is 2.16. The van der Waals surface area contributed by atoms with Crippen molar-refractivity contribution in [3.63, 3.8) is 0 Å². The molecule has 1 aromatic rings. The average molecular weight is 191 g/mol. The van der Waals surface area contributed by atoms with Gasteiger partial charge in [-0.2, -0.15) is 0 Å². The van der Waals surface area contributed by atoms with Gasteiger partial charge in [-0.15, -0.1) is 0 Å². The van der Waals surface area contributed by atoms with Crippen LogP contribution in [0.5, 0.6) is 0 Å². The largest absolute Gasteiger partial charge is 0.310 e. The number of aromatic nitrogens is 1. The second-order valence-electron chi connectivity index (χ2n) is 4.21. The topological polar surface area (TPSA) is 42.0 Å². The Kier molecular flexibility index (Phi) is 3.23. The van der Waals surface area contributed by atoms with E-state index in [9.17, 15) is 4.79 Å². The molecule has 0 unspecified atom stereocenters. The molecule has 1 heterocycles. The van der Waals surface area contributed by atoms with Gasteiger partial charge in [0.25, 0.3) is 0 Å². The first-order chi connectivity index (χ1) is 6.47. The van der Waals surface area contributed by atoms with Crippen LogP contribution in [-0.2, 0) is 4.79 Å². The maximum absolute atomic E-state index is 11.4. The Balaban J connectivity index is 2.50. The number of carbonyl (C=O) groups excluding carboxylic acids is 1. The molecule has 0 spiro atoms. The molecule has 0 atom stereocenters. The van der Waals surface area contributed by atoms with Crippen LogP contribution in [0, 0.1) is 11.8 Å². The van der Waals surface area contributed by atoms with Gasteiger partial charge in [-0.3, -0.25) is 4.79 Å². The van der Waals surface area contributed by atoms with Crippen LogP contribution in [0.15, 0.2) is 24.4 Å². The number of pyridine rings is 1. The molecular formula is C11H15N2O. The van der Waals surface area contributed by atoms with Crippen LogP contribution in [0.2, 0.25) is 0 Å². The van der Waals surface area contributed by atoms with Gasteiger partial charge in [-0.05, 0) is 17.5 Å². The third kappa shape index (κ3) is 4.03. The summed E-state index contributed by atoms with van der Waals surface area (Å²) >= 11 is 0. The average Bonchev–Trinajstić information content (AvgIpc) is 2.02. The van der Waals surface area contributed by atoms with Crippen molar-refractivity contribution in [2.75, 3.05) is 5.32 Å². The molecule has 1 amide bonds. The zero-order valence-electron chi connectivity index (χ0n) is 8.74. The monoisotopic (exact) mass is 191 g/mol. The molecule has 0 aromatic carbocycles. The summed E-state index contributed by atoms with van der Waals surface area (Å²) in [6.07, 6.45) is 3.29. The summed E-state index contributed by atoms with van der Waals surface area (Å²) in [7, 11) is 0. The van der Waals surface area contributed by atoms with E-state index in [2.05, 4.69) is 10.3 Å². The van der Waals surface area contributed by atoms with Crippen molar-refractivity contribution in [3.8, 4) is 0 Å². The van der Waals surface area contributed by atoms with E-state index >= 15 is 0 Å². The van der Waals surface area contributed by atoms with E-state index < -0.39 is 0 Å². The molecule has 0 bridgehead atoms. The second kappa shape index (κ2) is 4.22. The van der Waals surface area contributed by atoms with Crippen LogP contribution < -0.4 is 5.32 Å². The molecule has 0 aliphatic carbocycles. The highest BCUT2D eigenvalue weighted by Crippen LogP contribution is 2.17. The summed E-state index contributed by atoms with van der Waals surface area (Å²) in [5.74, 6) is 0.467. The van der Waals surface area contributed by atoms with Crippen molar-refractivity contribution in [2.45, 2.75) is 20.8 Å². The van der Waals surface area contributed by atoms with Gasteiger partial charge in [-0.1, -0.05) is 26.8 Å². The van der Waals surface area contributed by atoms with Gasteiger partial charge in [0.2, 0.25) is 5.91 Å². The fourth-order valence-corrected chi connectivity index (χ4v) is 0.992.